The maximum atomic E-state index is 12.4. The van der Waals surface area contributed by atoms with Crippen molar-refractivity contribution in [3.63, 3.8) is 0 Å². The molecule has 1 aliphatic rings. The van der Waals surface area contributed by atoms with E-state index in [9.17, 15) is 9.59 Å². The smallest absolute Gasteiger partial charge is 0.227 e. The molecule has 1 aromatic carbocycles. The zero-order valence-corrected chi connectivity index (χ0v) is 15.4. The van der Waals surface area contributed by atoms with E-state index in [4.69, 9.17) is 0 Å². The van der Waals surface area contributed by atoms with Crippen molar-refractivity contribution in [3.05, 3.63) is 29.3 Å². The molecule has 1 aromatic rings. The Kier molecular flexibility index (Phi) is 5.10. The van der Waals surface area contributed by atoms with Crippen LogP contribution in [-0.2, 0) is 11.2 Å². The lowest BCUT2D eigenvalue weighted by atomic mass is 9.94. The highest BCUT2D eigenvalue weighted by atomic mass is 79.9. The van der Waals surface area contributed by atoms with Crippen LogP contribution in [0.5, 0.6) is 0 Å². The van der Waals surface area contributed by atoms with E-state index in [0.29, 0.717) is 17.9 Å². The summed E-state index contributed by atoms with van der Waals surface area (Å²) in [6.07, 6.45) is 2.44. The number of carbonyl (C=O) groups excluding carboxylic acids is 2. The number of nitrogens with zero attached hydrogens (tertiary/aromatic N) is 1. The molecule has 0 saturated carbocycles. The standard InChI is InChI=1S/C18H24BrNO2/c1-12(2)10-16(21)20-9-5-6-13-11-14(7-8-15(13)20)17(22)18(3,4)19/h7-8,11-12H,5-6,9-10H2,1-4H3. The van der Waals surface area contributed by atoms with Crippen molar-refractivity contribution >= 4 is 33.3 Å². The molecule has 1 heterocycles. The van der Waals surface area contributed by atoms with Crippen molar-refractivity contribution in [1.82, 2.24) is 0 Å². The predicted octanol–water partition coefficient (Wildman–Crippen LogP) is 4.37. The second-order valence-corrected chi connectivity index (χ2v) is 8.87. The van der Waals surface area contributed by atoms with Crippen molar-refractivity contribution in [3.8, 4) is 0 Å². The summed E-state index contributed by atoms with van der Waals surface area (Å²) < 4.78 is -0.566. The van der Waals surface area contributed by atoms with Crippen molar-refractivity contribution in [2.75, 3.05) is 11.4 Å². The normalized spacial score (nSPS) is 14.9. The number of benzene rings is 1. The van der Waals surface area contributed by atoms with Gasteiger partial charge in [0.2, 0.25) is 5.91 Å². The van der Waals surface area contributed by atoms with E-state index in [1.54, 1.807) is 0 Å². The van der Waals surface area contributed by atoms with E-state index in [2.05, 4.69) is 29.8 Å². The molecule has 22 heavy (non-hydrogen) atoms. The van der Waals surface area contributed by atoms with Gasteiger partial charge in [-0.05, 0) is 56.4 Å². The number of carbonyl (C=O) groups is 2. The Hall–Kier alpha value is -1.16. The van der Waals surface area contributed by atoms with Gasteiger partial charge in [0.1, 0.15) is 0 Å². The molecule has 3 nitrogen and oxygen atoms in total. The summed E-state index contributed by atoms with van der Waals surface area (Å²) >= 11 is 3.42. The van der Waals surface area contributed by atoms with E-state index in [1.807, 2.05) is 36.9 Å². The minimum absolute atomic E-state index is 0.0703. The molecule has 0 atom stereocenters. The molecular formula is C18H24BrNO2. The zero-order valence-electron chi connectivity index (χ0n) is 13.8. The highest BCUT2D eigenvalue weighted by molar-refractivity contribution is 9.10. The largest absolute Gasteiger partial charge is 0.312 e. The van der Waals surface area contributed by atoms with Crippen molar-refractivity contribution in [2.24, 2.45) is 5.92 Å². The second kappa shape index (κ2) is 6.53. The molecular weight excluding hydrogens is 342 g/mol. The molecule has 0 aliphatic carbocycles. The van der Waals surface area contributed by atoms with Gasteiger partial charge in [0.25, 0.3) is 0 Å². The highest BCUT2D eigenvalue weighted by Gasteiger charge is 2.28. The summed E-state index contributed by atoms with van der Waals surface area (Å²) in [6, 6.07) is 5.72. The summed E-state index contributed by atoms with van der Waals surface area (Å²) in [6.45, 7) is 8.60. The molecule has 0 unspecified atom stereocenters. The first-order valence-corrected chi connectivity index (χ1v) is 8.66. The molecule has 120 valence electrons. The predicted molar refractivity (Wildman–Crippen MR) is 93.9 cm³/mol. The Balaban J connectivity index is 2.31. The Bertz CT molecular complexity index is 587. The van der Waals surface area contributed by atoms with Gasteiger partial charge in [-0.3, -0.25) is 9.59 Å². The number of fused-ring (bicyclic) bond motifs is 1. The first-order valence-electron chi connectivity index (χ1n) is 7.87. The lowest BCUT2D eigenvalue weighted by Gasteiger charge is -2.30. The number of aryl methyl sites for hydroxylation is 1. The molecule has 0 aromatic heterocycles. The molecule has 0 radical (unpaired) electrons. The molecule has 1 amide bonds. The fourth-order valence-corrected chi connectivity index (χ4v) is 3.03. The third-order valence-electron chi connectivity index (χ3n) is 3.88. The number of Topliss-reactive ketones (excluding diaryl/α,β-unsaturated/α-hetero) is 1. The van der Waals surface area contributed by atoms with Gasteiger partial charge in [0.15, 0.2) is 5.78 Å². The van der Waals surface area contributed by atoms with E-state index in [1.165, 1.54) is 0 Å². The number of halogens is 1. The van der Waals surface area contributed by atoms with Crippen molar-refractivity contribution in [2.45, 2.75) is 51.3 Å². The van der Waals surface area contributed by atoms with Crippen LogP contribution in [0.2, 0.25) is 0 Å². The number of anilines is 1. The van der Waals surface area contributed by atoms with Gasteiger partial charge in [-0.1, -0.05) is 29.8 Å². The topological polar surface area (TPSA) is 37.4 Å². The van der Waals surface area contributed by atoms with Gasteiger partial charge >= 0.3 is 0 Å². The number of alkyl halides is 1. The van der Waals surface area contributed by atoms with Crippen LogP contribution in [0.25, 0.3) is 0 Å². The fourth-order valence-electron chi connectivity index (χ4n) is 2.80. The third-order valence-corrected chi connectivity index (χ3v) is 4.24. The average molecular weight is 366 g/mol. The van der Waals surface area contributed by atoms with Crippen LogP contribution in [-0.4, -0.2) is 22.6 Å². The lowest BCUT2D eigenvalue weighted by molar-refractivity contribution is -0.119. The Labute approximate surface area is 141 Å². The van der Waals surface area contributed by atoms with Crippen LogP contribution < -0.4 is 4.90 Å². The summed E-state index contributed by atoms with van der Waals surface area (Å²) in [5, 5.41) is 0. The Morgan fingerprint density at radius 3 is 2.59 bits per heavy atom. The first-order chi connectivity index (χ1) is 10.2. The molecule has 1 aliphatic heterocycles. The highest BCUT2D eigenvalue weighted by Crippen LogP contribution is 2.31. The van der Waals surface area contributed by atoms with Gasteiger partial charge in [0, 0.05) is 24.2 Å². The third kappa shape index (κ3) is 3.78. The van der Waals surface area contributed by atoms with Gasteiger partial charge in [-0.2, -0.15) is 0 Å². The van der Waals surface area contributed by atoms with Crippen molar-refractivity contribution in [1.29, 1.82) is 0 Å². The number of ketones is 1. The Morgan fingerprint density at radius 1 is 1.32 bits per heavy atom. The first kappa shape index (κ1) is 17.2. The lowest BCUT2D eigenvalue weighted by Crippen LogP contribution is -2.36. The SMILES string of the molecule is CC(C)CC(=O)N1CCCc2cc(C(=O)C(C)(C)Br)ccc21. The van der Waals surface area contributed by atoms with Crippen LogP contribution in [0, 0.1) is 5.92 Å². The summed E-state index contributed by atoms with van der Waals surface area (Å²) in [7, 11) is 0. The summed E-state index contributed by atoms with van der Waals surface area (Å²) in [4.78, 5) is 26.7. The number of hydrogen-bond donors (Lipinski definition) is 0. The number of amides is 1. The van der Waals surface area contributed by atoms with Gasteiger partial charge < -0.3 is 4.90 Å². The zero-order chi connectivity index (χ0) is 16.5. The van der Waals surface area contributed by atoms with E-state index >= 15 is 0 Å². The van der Waals surface area contributed by atoms with Crippen LogP contribution in [0.15, 0.2) is 18.2 Å². The molecule has 2 rings (SSSR count). The second-order valence-electron chi connectivity index (χ2n) is 6.89. The minimum atomic E-state index is -0.566. The van der Waals surface area contributed by atoms with Crippen LogP contribution >= 0.6 is 15.9 Å². The van der Waals surface area contributed by atoms with E-state index in [0.717, 1.165) is 30.6 Å². The Morgan fingerprint density at radius 2 is 2.00 bits per heavy atom. The number of hydrogen-bond acceptors (Lipinski definition) is 2. The average Bonchev–Trinajstić information content (AvgIpc) is 2.43. The van der Waals surface area contributed by atoms with Crippen LogP contribution in [0.4, 0.5) is 5.69 Å². The molecule has 0 bridgehead atoms. The summed E-state index contributed by atoms with van der Waals surface area (Å²) in [5.74, 6) is 0.602. The fraction of sp³-hybridized carbons (Fsp3) is 0.556. The van der Waals surface area contributed by atoms with Gasteiger partial charge in [-0.15, -0.1) is 0 Å². The van der Waals surface area contributed by atoms with E-state index < -0.39 is 4.32 Å². The van der Waals surface area contributed by atoms with Crippen LogP contribution in [0.1, 0.15) is 56.5 Å². The van der Waals surface area contributed by atoms with Crippen molar-refractivity contribution < 1.29 is 9.59 Å². The van der Waals surface area contributed by atoms with Gasteiger partial charge in [0.05, 0.1) is 4.32 Å². The maximum Gasteiger partial charge on any atom is 0.227 e. The van der Waals surface area contributed by atoms with Crippen LogP contribution in [0.3, 0.4) is 0 Å². The molecule has 0 spiro atoms. The maximum absolute atomic E-state index is 12.4. The molecule has 4 heteroatoms. The minimum Gasteiger partial charge on any atom is -0.312 e. The van der Waals surface area contributed by atoms with Gasteiger partial charge in [-0.25, -0.2) is 0 Å². The molecule has 0 N–H and O–H groups in total. The molecule has 0 fully saturated rings. The summed E-state index contributed by atoms with van der Waals surface area (Å²) in [5.41, 5.74) is 2.78. The molecule has 0 saturated heterocycles. The number of rotatable bonds is 4. The quantitative estimate of drug-likeness (QED) is 0.586. The van der Waals surface area contributed by atoms with E-state index in [-0.39, 0.29) is 11.7 Å². The monoisotopic (exact) mass is 365 g/mol.